The molecule has 0 amide bonds. The maximum atomic E-state index is 11.6. The second-order valence-electron chi connectivity index (χ2n) is 7.38. The van der Waals surface area contributed by atoms with Crippen LogP contribution in [0.4, 0.5) is 5.95 Å². The van der Waals surface area contributed by atoms with Crippen LogP contribution in [-0.4, -0.2) is 87.6 Å². The topological polar surface area (TPSA) is 244 Å². The first-order chi connectivity index (χ1) is 16.7. The third-order valence-electron chi connectivity index (χ3n) is 4.97. The number of aromatic nitrogens is 6. The summed E-state index contributed by atoms with van der Waals surface area (Å²) in [7, 11) is 0. The summed E-state index contributed by atoms with van der Waals surface area (Å²) >= 11 is 1.80. The quantitative estimate of drug-likeness (QED) is 0.0950. The number of anilines is 1. The Morgan fingerprint density at radius 3 is 2.56 bits per heavy atom. The molecule has 4 heterocycles. The van der Waals surface area contributed by atoms with Crippen LogP contribution >= 0.6 is 22.6 Å². The second kappa shape index (κ2) is 13.7. The average Bonchev–Trinajstić information content (AvgIpc) is 3.40. The number of aromatic amines is 2. The molecular formula is C18H25IN7NaO9. The van der Waals surface area contributed by atoms with Gasteiger partial charge in [-0.1, -0.05) is 0 Å². The van der Waals surface area contributed by atoms with Gasteiger partial charge in [0.1, 0.15) is 25.2 Å². The monoisotopic (exact) mass is 633 g/mol. The molecule has 3 aromatic rings. The maximum absolute atomic E-state index is 11.6. The molecule has 0 aliphatic carbocycles. The van der Waals surface area contributed by atoms with Crippen LogP contribution in [0.25, 0.3) is 11.2 Å². The molecule has 3 aromatic heterocycles. The first-order valence-electron chi connectivity index (χ1n) is 10.2. The fraction of sp³-hybridized carbons (Fsp3) is 0.500. The van der Waals surface area contributed by atoms with Gasteiger partial charge in [-0.05, 0) is 22.6 Å². The van der Waals surface area contributed by atoms with Crippen molar-refractivity contribution < 1.29 is 60.9 Å². The molecule has 18 heteroatoms. The molecule has 1 saturated heterocycles. The van der Waals surface area contributed by atoms with Crippen LogP contribution in [0.3, 0.4) is 0 Å². The van der Waals surface area contributed by atoms with Gasteiger partial charge in [0.05, 0.1) is 35.8 Å². The molecule has 0 radical (unpaired) electrons. The fourth-order valence-corrected chi connectivity index (χ4v) is 3.57. The molecule has 194 valence electrons. The van der Waals surface area contributed by atoms with Crippen LogP contribution in [0.2, 0.25) is 0 Å². The number of hydrogen-bond donors (Lipinski definition) is 7. The minimum atomic E-state index is -0.818. The number of aliphatic hydroxyl groups excluding tert-OH is 4. The molecule has 1 fully saturated rings. The van der Waals surface area contributed by atoms with E-state index in [0.29, 0.717) is 3.57 Å². The summed E-state index contributed by atoms with van der Waals surface area (Å²) in [6.45, 7) is -0.927. The van der Waals surface area contributed by atoms with Gasteiger partial charge >= 0.3 is 35.2 Å². The Bertz CT molecular complexity index is 1330. The molecule has 1 unspecified atom stereocenters. The number of nitrogens with two attached hydrogens (primary N) is 1. The number of hydrogen-bond acceptors (Lipinski definition) is 12. The summed E-state index contributed by atoms with van der Waals surface area (Å²) < 4.78 is 13.5. The Morgan fingerprint density at radius 2 is 1.94 bits per heavy atom. The van der Waals surface area contributed by atoms with Gasteiger partial charge in [-0.2, -0.15) is 4.98 Å². The molecule has 1 aliphatic heterocycles. The molecule has 8 N–H and O–H groups in total. The van der Waals surface area contributed by atoms with E-state index in [9.17, 15) is 19.5 Å². The van der Waals surface area contributed by atoms with Gasteiger partial charge in [0, 0.05) is 12.6 Å². The molecule has 0 aromatic carbocycles. The van der Waals surface area contributed by atoms with E-state index in [1.54, 1.807) is 22.6 Å². The summed E-state index contributed by atoms with van der Waals surface area (Å²) in [5, 5.41) is 36.2. The van der Waals surface area contributed by atoms with Gasteiger partial charge in [-0.15, -0.1) is 0 Å². The number of aliphatic hydroxyl groups is 4. The molecule has 0 saturated carbocycles. The maximum Gasteiger partial charge on any atom is 1.00 e. The Balaban J connectivity index is 0.000000351. The average molecular weight is 633 g/mol. The van der Waals surface area contributed by atoms with E-state index in [1.807, 2.05) is 0 Å². The van der Waals surface area contributed by atoms with Gasteiger partial charge in [-0.25, -0.2) is 9.78 Å². The molecule has 36 heavy (non-hydrogen) atoms. The van der Waals surface area contributed by atoms with Crippen LogP contribution in [0.5, 0.6) is 0 Å². The van der Waals surface area contributed by atoms with E-state index < -0.39 is 41.3 Å². The fourth-order valence-electron chi connectivity index (χ4n) is 3.14. The first-order valence-corrected chi connectivity index (χ1v) is 11.3. The van der Waals surface area contributed by atoms with Gasteiger partial charge in [0.15, 0.2) is 11.2 Å². The van der Waals surface area contributed by atoms with E-state index in [4.69, 9.17) is 30.5 Å². The van der Waals surface area contributed by atoms with E-state index in [1.165, 1.54) is 21.7 Å². The smallest absolute Gasteiger partial charge is 1.00 e. The predicted octanol–water partition coefficient (Wildman–Crippen LogP) is -6.07. The van der Waals surface area contributed by atoms with E-state index in [2.05, 4.69) is 19.9 Å². The molecule has 0 spiro atoms. The molecule has 16 nitrogen and oxygen atoms in total. The number of nitrogens with zero attached hydrogens (tertiary/aromatic N) is 4. The zero-order valence-corrected chi connectivity index (χ0v) is 23.2. The summed E-state index contributed by atoms with van der Waals surface area (Å²) in [6.07, 6.45) is 0.0735. The minimum absolute atomic E-state index is 0. The van der Waals surface area contributed by atoms with Crippen LogP contribution in [-0.2, 0) is 16.2 Å². The van der Waals surface area contributed by atoms with Gasteiger partial charge < -0.3 is 37.1 Å². The Kier molecular flexibility index (Phi) is 11.7. The van der Waals surface area contributed by atoms with Crippen LogP contribution < -0.4 is 52.1 Å². The summed E-state index contributed by atoms with van der Waals surface area (Å²) in [4.78, 5) is 46.5. The second-order valence-corrected chi connectivity index (χ2v) is 8.54. The third-order valence-corrected chi connectivity index (χ3v) is 5.74. The van der Waals surface area contributed by atoms with Gasteiger partial charge in [0.25, 0.3) is 11.1 Å². The first kappa shape index (κ1) is 30.5. The summed E-state index contributed by atoms with van der Waals surface area (Å²) in [5.41, 5.74) is 4.39. The van der Waals surface area contributed by atoms with Crippen molar-refractivity contribution in [3.8, 4) is 0 Å². The minimum Gasteiger partial charge on any atom is -1.00 e. The Labute approximate surface area is 239 Å². The van der Waals surface area contributed by atoms with Crippen molar-refractivity contribution in [1.29, 1.82) is 0 Å². The predicted molar refractivity (Wildman–Crippen MR) is 128 cm³/mol. The molecule has 4 rings (SSSR count). The van der Waals surface area contributed by atoms with Crippen molar-refractivity contribution >= 4 is 39.7 Å². The van der Waals surface area contributed by atoms with E-state index in [-0.39, 0.29) is 81.1 Å². The standard InChI is InChI=1S/C9H11IN2O5.C9H13N5O4.Na.H/c10-4-2-12(9(16)11-8(4)15)7-1-5(14)6(3-13)17-7;10-9-12-7-6(8(17)13-9)11-3-14(7)4-18-5(1-15)2-16;;/h2,5-7,13-14H,1,3H2,(H,11,15,16);3,5,15-16H,1-2,4H2,(H3,10,12,13,17);;/q;;+1;-1/t5-,6+,7?;;;/m0.../s1. The summed E-state index contributed by atoms with van der Waals surface area (Å²) in [6, 6.07) is 0. The number of fused-ring (bicyclic) bond motifs is 1. The zero-order chi connectivity index (χ0) is 25.7. The van der Waals surface area contributed by atoms with Crippen molar-refractivity contribution in [2.24, 2.45) is 0 Å². The van der Waals surface area contributed by atoms with Crippen molar-refractivity contribution in [2.45, 2.75) is 37.7 Å². The summed E-state index contributed by atoms with van der Waals surface area (Å²) in [5.74, 6) is -0.0184. The van der Waals surface area contributed by atoms with E-state index >= 15 is 0 Å². The number of nitrogen functional groups attached to an aromatic ring is 1. The van der Waals surface area contributed by atoms with Crippen LogP contribution in [0.1, 0.15) is 14.1 Å². The molecule has 0 bridgehead atoms. The number of imidazole rings is 1. The van der Waals surface area contributed by atoms with Crippen LogP contribution in [0, 0.1) is 3.57 Å². The largest absolute Gasteiger partial charge is 1.00 e. The number of H-pyrrole nitrogens is 2. The van der Waals surface area contributed by atoms with Crippen molar-refractivity contribution in [3.05, 3.63) is 47.3 Å². The van der Waals surface area contributed by atoms with E-state index in [0.717, 1.165) is 0 Å². The number of ether oxygens (including phenoxy) is 2. The Hall–Kier alpha value is -1.68. The van der Waals surface area contributed by atoms with Gasteiger partial charge in [0.2, 0.25) is 5.95 Å². The number of nitrogens with one attached hydrogen (secondary N) is 2. The van der Waals surface area contributed by atoms with Crippen molar-refractivity contribution in [3.63, 3.8) is 0 Å². The molecule has 3 atom stereocenters. The molecular weight excluding hydrogens is 608 g/mol. The zero-order valence-electron chi connectivity index (χ0n) is 20.1. The molecule has 1 aliphatic rings. The Morgan fingerprint density at radius 1 is 1.25 bits per heavy atom. The SMILES string of the molecule is Nc1nc2c(ncn2COC(CO)CO)c(=O)[nH]1.O=c1[nH]c(=O)n(C2C[C@H](O)[C@@H](CO)O2)cc1I.[H-].[Na+]. The normalized spacial score (nSPS) is 19.2. The van der Waals surface area contributed by atoms with Gasteiger partial charge in [-0.3, -0.25) is 28.7 Å². The van der Waals surface area contributed by atoms with Crippen LogP contribution in [0.15, 0.2) is 26.9 Å². The number of halogens is 1. The van der Waals surface area contributed by atoms with Crippen molar-refractivity contribution in [2.75, 3.05) is 25.6 Å². The number of rotatable bonds is 7. The third kappa shape index (κ3) is 7.21. The van der Waals surface area contributed by atoms with Crippen molar-refractivity contribution in [1.82, 2.24) is 29.1 Å².